The van der Waals surface area contributed by atoms with Crippen LogP contribution in [0.2, 0.25) is 0 Å². The van der Waals surface area contributed by atoms with E-state index in [1.165, 1.54) is 4.88 Å². The smallest absolute Gasteiger partial charge is 0.226 e. The molecule has 0 aliphatic rings. The number of rotatable bonds is 5. The highest BCUT2D eigenvalue weighted by Crippen LogP contribution is 2.22. The second-order valence-corrected chi connectivity index (χ2v) is 4.96. The SMILES string of the molecule is CCOc1cc(C)nc(NC(C)c2cccs2)n1. The molecule has 1 unspecified atom stereocenters. The fourth-order valence-corrected chi connectivity index (χ4v) is 2.36. The van der Waals surface area contributed by atoms with Gasteiger partial charge in [-0.05, 0) is 32.2 Å². The first-order valence-electron chi connectivity index (χ1n) is 5.97. The number of anilines is 1. The Bertz CT molecular complexity index is 499. The lowest BCUT2D eigenvalue weighted by Crippen LogP contribution is -2.09. The zero-order valence-corrected chi connectivity index (χ0v) is 11.6. The van der Waals surface area contributed by atoms with Gasteiger partial charge in [0.1, 0.15) is 0 Å². The average molecular weight is 263 g/mol. The Kier molecular flexibility index (Phi) is 4.15. The fraction of sp³-hybridized carbons (Fsp3) is 0.385. The van der Waals surface area contributed by atoms with E-state index in [0.717, 1.165) is 5.69 Å². The number of hydrogen-bond acceptors (Lipinski definition) is 5. The van der Waals surface area contributed by atoms with Crippen molar-refractivity contribution in [3.05, 3.63) is 34.2 Å². The predicted octanol–water partition coefficient (Wildman–Crippen LogP) is 3.42. The lowest BCUT2D eigenvalue weighted by Gasteiger charge is -2.13. The van der Waals surface area contributed by atoms with E-state index in [2.05, 4.69) is 33.7 Å². The summed E-state index contributed by atoms with van der Waals surface area (Å²) in [6.45, 7) is 6.58. The molecule has 0 saturated carbocycles. The summed E-state index contributed by atoms with van der Waals surface area (Å²) in [5.41, 5.74) is 0.898. The molecule has 1 N–H and O–H groups in total. The van der Waals surface area contributed by atoms with Crippen molar-refractivity contribution in [1.29, 1.82) is 0 Å². The third kappa shape index (κ3) is 3.20. The van der Waals surface area contributed by atoms with Crippen molar-refractivity contribution in [1.82, 2.24) is 9.97 Å². The van der Waals surface area contributed by atoms with Crippen LogP contribution >= 0.6 is 11.3 Å². The molecule has 0 aliphatic heterocycles. The molecule has 2 rings (SSSR count). The molecule has 0 saturated heterocycles. The first kappa shape index (κ1) is 12.8. The average Bonchev–Trinajstić information content (AvgIpc) is 2.81. The molecular weight excluding hydrogens is 246 g/mol. The normalized spacial score (nSPS) is 12.2. The van der Waals surface area contributed by atoms with E-state index in [-0.39, 0.29) is 6.04 Å². The van der Waals surface area contributed by atoms with Crippen molar-refractivity contribution in [2.24, 2.45) is 0 Å². The van der Waals surface area contributed by atoms with Crippen molar-refractivity contribution in [3.63, 3.8) is 0 Å². The van der Waals surface area contributed by atoms with Crippen molar-refractivity contribution in [2.45, 2.75) is 26.8 Å². The van der Waals surface area contributed by atoms with Crippen LogP contribution in [0.15, 0.2) is 23.6 Å². The molecule has 0 aromatic carbocycles. The molecule has 0 spiro atoms. The maximum Gasteiger partial charge on any atom is 0.226 e. The third-order valence-electron chi connectivity index (χ3n) is 2.44. The number of ether oxygens (including phenoxy) is 1. The van der Waals surface area contributed by atoms with Crippen LogP contribution in [0.4, 0.5) is 5.95 Å². The Morgan fingerprint density at radius 3 is 2.94 bits per heavy atom. The summed E-state index contributed by atoms with van der Waals surface area (Å²) < 4.78 is 5.41. The number of nitrogens with zero attached hydrogens (tertiary/aromatic N) is 2. The van der Waals surface area contributed by atoms with Crippen molar-refractivity contribution < 1.29 is 4.74 Å². The van der Waals surface area contributed by atoms with E-state index in [1.54, 1.807) is 11.3 Å². The summed E-state index contributed by atoms with van der Waals surface area (Å²) >= 11 is 1.72. The van der Waals surface area contributed by atoms with Crippen molar-refractivity contribution in [3.8, 4) is 5.88 Å². The summed E-state index contributed by atoms with van der Waals surface area (Å²) in [7, 11) is 0. The minimum absolute atomic E-state index is 0.196. The predicted molar refractivity (Wildman–Crippen MR) is 74.3 cm³/mol. The van der Waals surface area contributed by atoms with Crippen molar-refractivity contribution in [2.75, 3.05) is 11.9 Å². The van der Waals surface area contributed by atoms with Gasteiger partial charge in [0.05, 0.1) is 12.6 Å². The summed E-state index contributed by atoms with van der Waals surface area (Å²) in [6.07, 6.45) is 0. The standard InChI is InChI=1S/C13H17N3OS/c1-4-17-12-8-9(2)14-13(16-12)15-10(3)11-6-5-7-18-11/h5-8,10H,4H2,1-3H3,(H,14,15,16). The van der Waals surface area contributed by atoms with Gasteiger partial charge in [-0.3, -0.25) is 0 Å². The van der Waals surface area contributed by atoms with E-state index < -0.39 is 0 Å². The molecule has 2 aromatic heterocycles. The number of aryl methyl sites for hydroxylation is 1. The van der Waals surface area contributed by atoms with Gasteiger partial charge in [0.15, 0.2) is 0 Å². The van der Waals surface area contributed by atoms with E-state index in [4.69, 9.17) is 4.74 Å². The van der Waals surface area contributed by atoms with E-state index in [1.807, 2.05) is 26.0 Å². The molecule has 2 heterocycles. The number of hydrogen-bond donors (Lipinski definition) is 1. The highest BCUT2D eigenvalue weighted by molar-refractivity contribution is 7.10. The van der Waals surface area contributed by atoms with Gasteiger partial charge in [-0.1, -0.05) is 6.07 Å². The van der Waals surface area contributed by atoms with Gasteiger partial charge >= 0.3 is 0 Å². The minimum atomic E-state index is 0.196. The molecule has 96 valence electrons. The lowest BCUT2D eigenvalue weighted by atomic mass is 10.3. The van der Waals surface area contributed by atoms with Crippen molar-refractivity contribution >= 4 is 17.3 Å². The van der Waals surface area contributed by atoms with Gasteiger partial charge in [0, 0.05) is 16.6 Å². The molecule has 0 bridgehead atoms. The van der Waals surface area contributed by atoms with Gasteiger partial charge in [-0.2, -0.15) is 4.98 Å². The quantitative estimate of drug-likeness (QED) is 0.898. The molecule has 0 aliphatic carbocycles. The van der Waals surface area contributed by atoms with E-state index in [9.17, 15) is 0 Å². The topological polar surface area (TPSA) is 47.0 Å². The maximum absolute atomic E-state index is 5.41. The molecule has 18 heavy (non-hydrogen) atoms. The van der Waals surface area contributed by atoms with Crippen LogP contribution in [0.5, 0.6) is 5.88 Å². The zero-order chi connectivity index (χ0) is 13.0. The van der Waals surface area contributed by atoms with Crippen LogP contribution in [-0.2, 0) is 0 Å². The highest BCUT2D eigenvalue weighted by atomic mass is 32.1. The fourth-order valence-electron chi connectivity index (χ4n) is 1.63. The molecule has 0 radical (unpaired) electrons. The molecule has 5 heteroatoms. The summed E-state index contributed by atoms with van der Waals surface area (Å²) in [6, 6.07) is 6.17. The number of aromatic nitrogens is 2. The number of thiophene rings is 1. The van der Waals surface area contributed by atoms with Gasteiger partial charge < -0.3 is 10.1 Å². The van der Waals surface area contributed by atoms with E-state index >= 15 is 0 Å². The Morgan fingerprint density at radius 1 is 1.44 bits per heavy atom. The van der Waals surface area contributed by atoms with Gasteiger partial charge in [-0.15, -0.1) is 11.3 Å². The monoisotopic (exact) mass is 263 g/mol. The van der Waals surface area contributed by atoms with Crippen LogP contribution in [-0.4, -0.2) is 16.6 Å². The summed E-state index contributed by atoms with van der Waals surface area (Å²) in [4.78, 5) is 9.96. The first-order valence-corrected chi connectivity index (χ1v) is 6.85. The lowest BCUT2D eigenvalue weighted by molar-refractivity contribution is 0.326. The van der Waals surface area contributed by atoms with E-state index in [0.29, 0.717) is 18.4 Å². The second-order valence-electron chi connectivity index (χ2n) is 3.99. The van der Waals surface area contributed by atoms with Gasteiger partial charge in [0.25, 0.3) is 0 Å². The molecule has 2 aromatic rings. The van der Waals surface area contributed by atoms with Crippen LogP contribution in [0.1, 0.15) is 30.5 Å². The van der Waals surface area contributed by atoms with Crippen LogP contribution < -0.4 is 10.1 Å². The van der Waals surface area contributed by atoms with Crippen LogP contribution in [0.25, 0.3) is 0 Å². The minimum Gasteiger partial charge on any atom is -0.478 e. The summed E-state index contributed by atoms with van der Waals surface area (Å²) in [5, 5.41) is 5.36. The Labute approximate surface area is 111 Å². The molecule has 4 nitrogen and oxygen atoms in total. The third-order valence-corrected chi connectivity index (χ3v) is 3.49. The van der Waals surface area contributed by atoms with Gasteiger partial charge in [0.2, 0.25) is 11.8 Å². The van der Waals surface area contributed by atoms with Crippen LogP contribution in [0.3, 0.4) is 0 Å². The Hall–Kier alpha value is -1.62. The highest BCUT2D eigenvalue weighted by Gasteiger charge is 2.09. The zero-order valence-electron chi connectivity index (χ0n) is 10.8. The Balaban J connectivity index is 2.13. The second kappa shape index (κ2) is 5.82. The molecular formula is C13H17N3OS. The largest absolute Gasteiger partial charge is 0.478 e. The first-order chi connectivity index (χ1) is 8.69. The molecule has 1 atom stereocenters. The summed E-state index contributed by atoms with van der Waals surface area (Å²) in [5.74, 6) is 1.23. The van der Waals surface area contributed by atoms with Gasteiger partial charge in [-0.25, -0.2) is 4.98 Å². The van der Waals surface area contributed by atoms with Crippen LogP contribution in [0, 0.1) is 6.92 Å². The molecule has 0 amide bonds. The maximum atomic E-state index is 5.41. The number of nitrogens with one attached hydrogen (secondary N) is 1. The Morgan fingerprint density at radius 2 is 2.28 bits per heavy atom. The molecule has 0 fully saturated rings.